The van der Waals surface area contributed by atoms with Gasteiger partial charge in [0, 0.05) is 0 Å². The van der Waals surface area contributed by atoms with Crippen LogP contribution in [0, 0.1) is 5.82 Å². The normalized spacial score (nSPS) is 7.44. The number of benzene rings is 1. The fourth-order valence-electron chi connectivity index (χ4n) is 0.415. The van der Waals surface area contributed by atoms with E-state index < -0.39 is 0 Å². The van der Waals surface area contributed by atoms with Crippen LogP contribution in [0.4, 0.5) is 4.39 Å². The predicted molar refractivity (Wildman–Crippen MR) is 37.7 cm³/mol. The Morgan fingerprint density at radius 1 is 1.00 bits per heavy atom. The molecule has 0 aliphatic carbocycles. The van der Waals surface area contributed by atoms with E-state index in [-0.39, 0.29) is 5.82 Å². The van der Waals surface area contributed by atoms with Crippen LogP contribution in [-0.4, -0.2) is 0 Å². The second-order valence-corrected chi connectivity index (χ2v) is 1.30. The molecule has 50 valence electrons. The molecule has 0 atom stereocenters. The summed E-state index contributed by atoms with van der Waals surface area (Å²) in [6.07, 6.45) is 0. The van der Waals surface area contributed by atoms with Crippen LogP contribution >= 0.6 is 0 Å². The molecular weight excluding hydrogens is 114 g/mol. The van der Waals surface area contributed by atoms with Gasteiger partial charge in [0.25, 0.3) is 0 Å². The van der Waals surface area contributed by atoms with Crippen molar-refractivity contribution in [1.29, 1.82) is 0 Å². The van der Waals surface area contributed by atoms with Crippen LogP contribution in [0.1, 0.15) is 13.8 Å². The van der Waals surface area contributed by atoms with Crippen LogP contribution in [0.5, 0.6) is 0 Å². The molecule has 0 N–H and O–H groups in total. The van der Waals surface area contributed by atoms with Gasteiger partial charge in [-0.25, -0.2) is 4.39 Å². The quantitative estimate of drug-likeness (QED) is 0.500. The lowest BCUT2D eigenvalue weighted by Crippen LogP contribution is -1.63. The summed E-state index contributed by atoms with van der Waals surface area (Å²) < 4.78 is 11.9. The van der Waals surface area contributed by atoms with E-state index in [1.165, 1.54) is 12.1 Å². The fourth-order valence-corrected chi connectivity index (χ4v) is 0.415. The standard InChI is InChI=1S/C6H5F.C2H6/c7-6-4-2-1-3-5-6;1-2/h1-5H;1-2H3/i7-1;. The topological polar surface area (TPSA) is 0 Å². The van der Waals surface area contributed by atoms with E-state index in [9.17, 15) is 4.39 Å². The molecule has 0 spiro atoms. The van der Waals surface area contributed by atoms with Crippen LogP contribution in [0.3, 0.4) is 0 Å². The number of halogens is 1. The summed E-state index contributed by atoms with van der Waals surface area (Å²) in [5.41, 5.74) is 0. The van der Waals surface area contributed by atoms with E-state index in [1.807, 2.05) is 13.8 Å². The number of hydrogen-bond donors (Lipinski definition) is 0. The zero-order valence-electron chi connectivity index (χ0n) is 5.76. The van der Waals surface area contributed by atoms with Crippen LogP contribution in [0.15, 0.2) is 30.3 Å². The van der Waals surface area contributed by atoms with Gasteiger partial charge < -0.3 is 0 Å². The third-order valence-corrected chi connectivity index (χ3v) is 0.733. The van der Waals surface area contributed by atoms with Crippen molar-refractivity contribution in [2.24, 2.45) is 0 Å². The Bertz CT molecular complexity index is 134. The smallest absolute Gasteiger partial charge is 0.123 e. The molecule has 0 radical (unpaired) electrons. The van der Waals surface area contributed by atoms with Crippen molar-refractivity contribution >= 4 is 0 Å². The second-order valence-electron chi connectivity index (χ2n) is 1.30. The molecular formula is C8H11F. The summed E-state index contributed by atoms with van der Waals surface area (Å²) in [6.45, 7) is 4.00. The van der Waals surface area contributed by atoms with E-state index in [0.717, 1.165) is 0 Å². The van der Waals surface area contributed by atoms with Crippen molar-refractivity contribution < 1.29 is 4.39 Å². The molecule has 0 amide bonds. The summed E-state index contributed by atoms with van der Waals surface area (Å²) in [6, 6.07) is 7.94. The SMILES string of the molecule is CC.[18F]c1ccccc1. The van der Waals surface area contributed by atoms with E-state index in [4.69, 9.17) is 0 Å². The zero-order chi connectivity index (χ0) is 7.11. The van der Waals surface area contributed by atoms with Gasteiger partial charge >= 0.3 is 0 Å². The van der Waals surface area contributed by atoms with Crippen molar-refractivity contribution in [3.8, 4) is 0 Å². The Morgan fingerprint density at radius 3 is 1.67 bits per heavy atom. The molecule has 0 aromatic heterocycles. The van der Waals surface area contributed by atoms with Gasteiger partial charge in [0.05, 0.1) is 0 Å². The fraction of sp³-hybridized carbons (Fsp3) is 0.250. The lowest BCUT2D eigenvalue weighted by atomic mass is 10.4. The molecule has 0 aliphatic rings. The molecule has 1 heteroatoms. The molecule has 1 aromatic rings. The van der Waals surface area contributed by atoms with Gasteiger partial charge in [-0.05, 0) is 12.1 Å². The molecule has 0 unspecified atom stereocenters. The Kier molecular flexibility index (Phi) is 4.79. The first-order valence-electron chi connectivity index (χ1n) is 3.10. The summed E-state index contributed by atoms with van der Waals surface area (Å²) >= 11 is 0. The number of rotatable bonds is 0. The Balaban J connectivity index is 0.000000291. The minimum absolute atomic E-state index is 0.178. The first kappa shape index (κ1) is 8.15. The lowest BCUT2D eigenvalue weighted by molar-refractivity contribution is 0.628. The van der Waals surface area contributed by atoms with E-state index >= 15 is 0 Å². The van der Waals surface area contributed by atoms with Crippen LogP contribution in [0.2, 0.25) is 0 Å². The zero-order valence-corrected chi connectivity index (χ0v) is 5.76. The average molecular weight is 125 g/mol. The highest BCUT2D eigenvalue weighted by molar-refractivity contribution is 5.02. The van der Waals surface area contributed by atoms with Crippen LogP contribution < -0.4 is 0 Å². The molecule has 0 fully saturated rings. The highest BCUT2D eigenvalue weighted by atomic mass is 18.2. The molecule has 9 heavy (non-hydrogen) atoms. The van der Waals surface area contributed by atoms with E-state index in [1.54, 1.807) is 18.2 Å². The van der Waals surface area contributed by atoms with Crippen molar-refractivity contribution in [1.82, 2.24) is 0 Å². The van der Waals surface area contributed by atoms with E-state index in [0.29, 0.717) is 0 Å². The van der Waals surface area contributed by atoms with Gasteiger partial charge in [0.1, 0.15) is 5.82 Å². The second kappa shape index (κ2) is 5.29. The van der Waals surface area contributed by atoms with Gasteiger partial charge in [0.15, 0.2) is 0 Å². The molecule has 1 aromatic carbocycles. The summed E-state index contributed by atoms with van der Waals surface area (Å²) in [4.78, 5) is 0. The highest BCUT2D eigenvalue weighted by Crippen LogP contribution is 1.91. The van der Waals surface area contributed by atoms with Crippen LogP contribution in [0.25, 0.3) is 0 Å². The Labute approximate surface area is 55.3 Å². The number of hydrogen-bond acceptors (Lipinski definition) is 0. The third-order valence-electron chi connectivity index (χ3n) is 0.733. The summed E-state index contributed by atoms with van der Waals surface area (Å²) in [7, 11) is 0. The Hall–Kier alpha value is -0.850. The van der Waals surface area contributed by atoms with E-state index in [2.05, 4.69) is 0 Å². The lowest BCUT2D eigenvalue weighted by Gasteiger charge is -1.78. The third kappa shape index (κ3) is 3.71. The molecule has 0 saturated heterocycles. The minimum atomic E-state index is -0.178. The van der Waals surface area contributed by atoms with Crippen molar-refractivity contribution in [3.63, 3.8) is 0 Å². The van der Waals surface area contributed by atoms with Gasteiger partial charge in [-0.2, -0.15) is 0 Å². The van der Waals surface area contributed by atoms with Gasteiger partial charge in [-0.3, -0.25) is 0 Å². The first-order valence-corrected chi connectivity index (χ1v) is 3.10. The van der Waals surface area contributed by atoms with Crippen LogP contribution in [-0.2, 0) is 0 Å². The summed E-state index contributed by atoms with van der Waals surface area (Å²) in [5, 5.41) is 0. The maximum Gasteiger partial charge on any atom is 0.123 e. The van der Waals surface area contributed by atoms with Crippen molar-refractivity contribution in [3.05, 3.63) is 36.1 Å². The molecule has 0 bridgehead atoms. The van der Waals surface area contributed by atoms with Crippen molar-refractivity contribution in [2.45, 2.75) is 13.8 Å². The first-order chi connectivity index (χ1) is 4.39. The highest BCUT2D eigenvalue weighted by Gasteiger charge is 1.77. The predicted octanol–water partition coefficient (Wildman–Crippen LogP) is 2.85. The maximum absolute atomic E-state index is 11.9. The average Bonchev–Trinajstić information content (AvgIpc) is 1.94. The Morgan fingerprint density at radius 2 is 1.44 bits per heavy atom. The summed E-state index contributed by atoms with van der Waals surface area (Å²) in [5.74, 6) is -0.178. The van der Waals surface area contributed by atoms with Crippen molar-refractivity contribution in [2.75, 3.05) is 0 Å². The molecule has 0 heterocycles. The van der Waals surface area contributed by atoms with Gasteiger partial charge in [-0.15, -0.1) is 0 Å². The largest absolute Gasteiger partial charge is 0.207 e. The monoisotopic (exact) mass is 125 g/mol. The molecule has 0 aliphatic heterocycles. The minimum Gasteiger partial charge on any atom is -0.207 e. The molecule has 1 rings (SSSR count). The molecule has 0 saturated carbocycles. The maximum atomic E-state index is 11.9. The van der Waals surface area contributed by atoms with Gasteiger partial charge in [-0.1, -0.05) is 32.0 Å². The van der Waals surface area contributed by atoms with Gasteiger partial charge in [0.2, 0.25) is 0 Å². The molecule has 0 nitrogen and oxygen atoms in total.